The van der Waals surface area contributed by atoms with Crippen LogP contribution in [0.1, 0.15) is 18.4 Å². The highest BCUT2D eigenvalue weighted by molar-refractivity contribution is 8.16. The lowest BCUT2D eigenvalue weighted by Gasteiger charge is -2.33. The molecule has 1 spiro atoms. The fourth-order valence-corrected chi connectivity index (χ4v) is 4.57. The summed E-state index contributed by atoms with van der Waals surface area (Å²) in [5.41, 5.74) is 2.25. The van der Waals surface area contributed by atoms with Crippen LogP contribution in [0.2, 0.25) is 5.02 Å². The summed E-state index contributed by atoms with van der Waals surface area (Å²) in [6, 6.07) is 17.3. The molecule has 1 saturated heterocycles. The molecule has 4 rings (SSSR count). The van der Waals surface area contributed by atoms with Gasteiger partial charge in [0.15, 0.2) is 5.66 Å². The molecule has 7 heteroatoms. The van der Waals surface area contributed by atoms with Crippen molar-refractivity contribution in [2.45, 2.75) is 18.5 Å². The second-order valence-electron chi connectivity index (χ2n) is 7.38. The molecule has 2 aromatic carbocycles. The number of halogens is 1. The average Bonchev–Trinajstić information content (AvgIpc) is 3.08. The Morgan fingerprint density at radius 2 is 1.90 bits per heavy atom. The summed E-state index contributed by atoms with van der Waals surface area (Å²) in [6.07, 6.45) is 1.80. The van der Waals surface area contributed by atoms with Crippen molar-refractivity contribution in [3.8, 4) is 0 Å². The van der Waals surface area contributed by atoms with Gasteiger partial charge in [0.25, 0.3) is 0 Å². The molecular formula is C22H23ClN4OS. The van der Waals surface area contributed by atoms with E-state index in [0.29, 0.717) is 10.7 Å². The molecule has 1 amide bonds. The molecule has 0 radical (unpaired) electrons. The van der Waals surface area contributed by atoms with Gasteiger partial charge in [-0.25, -0.2) is 4.99 Å². The van der Waals surface area contributed by atoms with Crippen LogP contribution >= 0.6 is 23.4 Å². The Hall–Kier alpha value is -2.15. The van der Waals surface area contributed by atoms with Gasteiger partial charge in [0, 0.05) is 42.2 Å². The molecule has 0 bridgehead atoms. The quantitative estimate of drug-likeness (QED) is 0.791. The second kappa shape index (κ2) is 8.69. The molecule has 29 heavy (non-hydrogen) atoms. The number of likely N-dealkylation sites (tertiary alicyclic amines) is 1. The monoisotopic (exact) mass is 426 g/mol. The van der Waals surface area contributed by atoms with Gasteiger partial charge in [0.05, 0.1) is 11.5 Å². The number of carbonyl (C=O) groups excluding carboxylic acids is 1. The highest BCUT2D eigenvalue weighted by atomic mass is 35.5. The van der Waals surface area contributed by atoms with E-state index >= 15 is 0 Å². The van der Waals surface area contributed by atoms with E-state index in [-0.39, 0.29) is 17.3 Å². The first kappa shape index (κ1) is 20.1. The van der Waals surface area contributed by atoms with Crippen LogP contribution in [0, 0.1) is 0 Å². The largest absolute Gasteiger partial charge is 0.325 e. The molecule has 0 saturated carbocycles. The number of nitrogens with zero attached hydrogens (tertiary/aromatic N) is 3. The Labute approximate surface area is 180 Å². The smallest absolute Gasteiger partial charge is 0.234 e. The van der Waals surface area contributed by atoms with Crippen molar-refractivity contribution in [3.05, 3.63) is 65.2 Å². The molecule has 0 atom stereocenters. The van der Waals surface area contributed by atoms with Crippen LogP contribution in [-0.4, -0.2) is 53.1 Å². The van der Waals surface area contributed by atoms with Gasteiger partial charge in [0.1, 0.15) is 5.04 Å². The van der Waals surface area contributed by atoms with E-state index in [2.05, 4.69) is 29.4 Å². The summed E-state index contributed by atoms with van der Waals surface area (Å²) >= 11 is 7.44. The van der Waals surface area contributed by atoms with E-state index in [9.17, 15) is 4.79 Å². The fraction of sp³-hybridized carbons (Fsp3) is 0.318. The molecule has 5 nitrogen and oxygen atoms in total. The van der Waals surface area contributed by atoms with Crippen LogP contribution in [-0.2, 0) is 4.79 Å². The SMILES string of the molecule is CN1CCC2(CC1)N=C(SCC(=O)Nc1cccc(Cl)c1)C(c1ccccc1)=N2. The first-order chi connectivity index (χ1) is 14.0. The van der Waals surface area contributed by atoms with E-state index in [1.807, 2.05) is 30.3 Å². The first-order valence-electron chi connectivity index (χ1n) is 9.65. The molecule has 2 heterocycles. The molecular weight excluding hydrogens is 404 g/mol. The lowest BCUT2D eigenvalue weighted by molar-refractivity contribution is -0.113. The Morgan fingerprint density at radius 1 is 1.14 bits per heavy atom. The topological polar surface area (TPSA) is 57.1 Å². The van der Waals surface area contributed by atoms with Gasteiger partial charge in [-0.05, 0) is 25.2 Å². The summed E-state index contributed by atoms with van der Waals surface area (Å²) in [4.78, 5) is 24.8. The van der Waals surface area contributed by atoms with E-state index in [4.69, 9.17) is 21.6 Å². The number of anilines is 1. The minimum atomic E-state index is -0.385. The summed E-state index contributed by atoms with van der Waals surface area (Å²) in [5, 5.41) is 4.34. The standard InChI is InChI=1S/C22H23ClN4OS/c1-27-12-10-22(11-13-27)25-20(16-6-3-2-4-7-16)21(26-22)29-15-19(28)24-18-9-5-8-17(23)14-18/h2-9,14H,10-13,15H2,1H3,(H,24,28). The molecule has 150 valence electrons. The third-order valence-corrected chi connectivity index (χ3v) is 6.32. The number of aliphatic imine (C=N–C) groups is 2. The van der Waals surface area contributed by atoms with Crippen molar-refractivity contribution in [1.29, 1.82) is 0 Å². The summed E-state index contributed by atoms with van der Waals surface area (Å²) in [6.45, 7) is 1.95. The van der Waals surface area contributed by atoms with Crippen molar-refractivity contribution in [2.24, 2.45) is 9.98 Å². The number of rotatable bonds is 4. The number of piperidine rings is 1. The predicted molar refractivity (Wildman–Crippen MR) is 122 cm³/mol. The first-order valence-corrected chi connectivity index (χ1v) is 11.0. The number of hydrogen-bond donors (Lipinski definition) is 1. The van der Waals surface area contributed by atoms with E-state index in [0.717, 1.165) is 42.3 Å². The highest BCUT2D eigenvalue weighted by Crippen LogP contribution is 2.35. The minimum Gasteiger partial charge on any atom is -0.325 e. The number of carbonyl (C=O) groups is 1. The van der Waals surface area contributed by atoms with E-state index < -0.39 is 0 Å². The van der Waals surface area contributed by atoms with Crippen LogP contribution in [0.3, 0.4) is 0 Å². The van der Waals surface area contributed by atoms with Gasteiger partial charge >= 0.3 is 0 Å². The molecule has 2 aromatic rings. The summed E-state index contributed by atoms with van der Waals surface area (Å²) < 4.78 is 0. The van der Waals surface area contributed by atoms with Crippen molar-refractivity contribution < 1.29 is 4.79 Å². The minimum absolute atomic E-state index is 0.0864. The van der Waals surface area contributed by atoms with Gasteiger partial charge in [-0.2, -0.15) is 0 Å². The zero-order chi connectivity index (χ0) is 20.3. The maximum absolute atomic E-state index is 12.5. The lowest BCUT2D eigenvalue weighted by Crippen LogP contribution is -2.39. The van der Waals surface area contributed by atoms with Gasteiger partial charge in [0.2, 0.25) is 5.91 Å². The highest BCUT2D eigenvalue weighted by Gasteiger charge is 2.39. The number of benzene rings is 2. The molecule has 2 aliphatic rings. The Kier molecular flexibility index (Phi) is 6.04. The summed E-state index contributed by atoms with van der Waals surface area (Å²) in [7, 11) is 2.13. The average molecular weight is 427 g/mol. The van der Waals surface area contributed by atoms with Crippen molar-refractivity contribution in [3.63, 3.8) is 0 Å². The van der Waals surface area contributed by atoms with E-state index in [1.165, 1.54) is 11.8 Å². The van der Waals surface area contributed by atoms with Gasteiger partial charge in [-0.3, -0.25) is 9.79 Å². The maximum Gasteiger partial charge on any atom is 0.234 e. The fourth-order valence-electron chi connectivity index (χ4n) is 3.51. The van der Waals surface area contributed by atoms with E-state index in [1.54, 1.807) is 12.1 Å². The van der Waals surface area contributed by atoms with Gasteiger partial charge < -0.3 is 10.2 Å². The molecule has 0 aromatic heterocycles. The van der Waals surface area contributed by atoms with Crippen LogP contribution in [0.4, 0.5) is 5.69 Å². The summed E-state index contributed by atoms with van der Waals surface area (Å²) in [5.74, 6) is 0.185. The van der Waals surface area contributed by atoms with Crippen molar-refractivity contribution in [1.82, 2.24) is 4.90 Å². The van der Waals surface area contributed by atoms with Gasteiger partial charge in [-0.1, -0.05) is 59.8 Å². The Balaban J connectivity index is 1.49. The third-order valence-electron chi connectivity index (χ3n) is 5.12. The Morgan fingerprint density at radius 3 is 2.62 bits per heavy atom. The number of amides is 1. The molecule has 1 N–H and O–H groups in total. The molecule has 0 aliphatic carbocycles. The normalized spacial score (nSPS) is 18.4. The van der Waals surface area contributed by atoms with Crippen LogP contribution in [0.25, 0.3) is 0 Å². The third kappa shape index (κ3) is 4.89. The van der Waals surface area contributed by atoms with Gasteiger partial charge in [-0.15, -0.1) is 0 Å². The molecule has 1 fully saturated rings. The van der Waals surface area contributed by atoms with Crippen LogP contribution in [0.15, 0.2) is 64.6 Å². The second-order valence-corrected chi connectivity index (χ2v) is 8.78. The van der Waals surface area contributed by atoms with Crippen molar-refractivity contribution in [2.75, 3.05) is 31.2 Å². The zero-order valence-electron chi connectivity index (χ0n) is 16.3. The zero-order valence-corrected chi connectivity index (χ0v) is 17.8. The predicted octanol–water partition coefficient (Wildman–Crippen LogP) is 4.34. The Bertz CT molecular complexity index is 952. The number of hydrogen-bond acceptors (Lipinski definition) is 5. The molecule has 0 unspecified atom stereocenters. The number of thioether (sulfide) groups is 1. The number of nitrogens with one attached hydrogen (secondary N) is 1. The van der Waals surface area contributed by atoms with Crippen LogP contribution in [0.5, 0.6) is 0 Å². The van der Waals surface area contributed by atoms with Crippen LogP contribution < -0.4 is 5.32 Å². The maximum atomic E-state index is 12.5. The van der Waals surface area contributed by atoms with Crippen molar-refractivity contribution >= 4 is 45.7 Å². The lowest BCUT2D eigenvalue weighted by atomic mass is 9.99. The molecule has 2 aliphatic heterocycles.